The number of carbonyl (C=O) groups excluding carboxylic acids is 2. The van der Waals surface area contributed by atoms with Crippen LogP contribution in [0.2, 0.25) is 0 Å². The predicted octanol–water partition coefficient (Wildman–Crippen LogP) is 3.65. The number of hydrogen-bond donors (Lipinski definition) is 0. The summed E-state index contributed by atoms with van der Waals surface area (Å²) in [5, 5.41) is 0. The van der Waals surface area contributed by atoms with Gasteiger partial charge in [-0.25, -0.2) is 4.79 Å². The van der Waals surface area contributed by atoms with Gasteiger partial charge in [-0.05, 0) is 55.0 Å². The number of cyclic esters (lactones) is 1. The Morgan fingerprint density at radius 2 is 1.94 bits per heavy atom. The molecule has 3 saturated heterocycles. The summed E-state index contributed by atoms with van der Waals surface area (Å²) in [5.74, 6) is 0.126. The fourth-order valence-corrected chi connectivity index (χ4v) is 7.77. The van der Waals surface area contributed by atoms with E-state index in [1.54, 1.807) is 6.92 Å². The van der Waals surface area contributed by atoms with E-state index < -0.39 is 11.2 Å². The van der Waals surface area contributed by atoms with E-state index in [2.05, 4.69) is 45.1 Å². The second-order valence-corrected chi connectivity index (χ2v) is 11.5. The van der Waals surface area contributed by atoms with E-state index in [0.717, 1.165) is 6.42 Å². The summed E-state index contributed by atoms with van der Waals surface area (Å²) in [7, 11) is 0. The van der Waals surface area contributed by atoms with Gasteiger partial charge >= 0.3 is 11.9 Å². The minimum Gasteiger partial charge on any atom is -0.455 e. The lowest BCUT2D eigenvalue weighted by molar-refractivity contribution is -0.151. The lowest BCUT2D eigenvalue weighted by atomic mass is 9.75. The van der Waals surface area contributed by atoms with Crippen LogP contribution in [0.5, 0.6) is 0 Å². The third-order valence-electron chi connectivity index (χ3n) is 9.21. The zero-order valence-corrected chi connectivity index (χ0v) is 20.0. The molecule has 0 bridgehead atoms. The molecule has 3 fully saturated rings. The maximum absolute atomic E-state index is 12.3. The van der Waals surface area contributed by atoms with Crippen LogP contribution < -0.4 is 0 Å². The lowest BCUT2D eigenvalue weighted by Gasteiger charge is -2.33. The largest absolute Gasteiger partial charge is 0.455 e. The summed E-state index contributed by atoms with van der Waals surface area (Å²) in [6.07, 6.45) is 7.66. The second kappa shape index (κ2) is 6.61. The molecule has 1 spiro atoms. The number of ether oxygens (including phenoxy) is 4. The van der Waals surface area contributed by atoms with E-state index in [4.69, 9.17) is 18.9 Å². The first-order valence-electron chi connectivity index (χ1n) is 12.5. The first-order valence-corrected chi connectivity index (χ1v) is 12.5. The van der Waals surface area contributed by atoms with Gasteiger partial charge in [-0.15, -0.1) is 0 Å². The Hall–Kier alpha value is -2.44. The average molecular weight is 463 g/mol. The maximum atomic E-state index is 12.3. The van der Waals surface area contributed by atoms with Crippen molar-refractivity contribution in [2.24, 2.45) is 11.8 Å². The van der Waals surface area contributed by atoms with Gasteiger partial charge in [-0.1, -0.05) is 31.2 Å². The molecule has 34 heavy (non-hydrogen) atoms. The zero-order valence-electron chi connectivity index (χ0n) is 20.0. The van der Waals surface area contributed by atoms with E-state index in [9.17, 15) is 9.59 Å². The molecule has 0 saturated carbocycles. The van der Waals surface area contributed by atoms with E-state index in [-0.39, 0.29) is 54.1 Å². The molecule has 0 unspecified atom stereocenters. The summed E-state index contributed by atoms with van der Waals surface area (Å²) >= 11 is 0. The first kappa shape index (κ1) is 20.9. The number of rotatable bonds is 1. The lowest BCUT2D eigenvalue weighted by Crippen LogP contribution is -2.45. The van der Waals surface area contributed by atoms with Gasteiger partial charge in [-0.2, -0.15) is 0 Å². The second-order valence-electron chi connectivity index (χ2n) is 11.5. The third kappa shape index (κ3) is 2.59. The fourth-order valence-electron chi connectivity index (χ4n) is 7.77. The monoisotopic (exact) mass is 462 g/mol. The maximum Gasteiger partial charge on any atom is 0.334 e. The highest BCUT2D eigenvalue weighted by molar-refractivity contribution is 5.90. The van der Waals surface area contributed by atoms with Gasteiger partial charge in [0.05, 0.1) is 18.1 Å². The average Bonchev–Trinajstić information content (AvgIpc) is 3.47. The molecule has 1 aromatic carbocycles. The van der Waals surface area contributed by atoms with Crippen LogP contribution in [0.4, 0.5) is 0 Å². The minimum absolute atomic E-state index is 0.00651. The number of benzene rings is 1. The molecule has 1 aromatic rings. The van der Waals surface area contributed by atoms with Crippen molar-refractivity contribution in [3.8, 4) is 0 Å². The van der Waals surface area contributed by atoms with Crippen LogP contribution in [-0.2, 0) is 41.4 Å². The van der Waals surface area contributed by atoms with Crippen molar-refractivity contribution in [2.45, 2.75) is 88.5 Å². The van der Waals surface area contributed by atoms with E-state index in [1.165, 1.54) is 22.3 Å². The van der Waals surface area contributed by atoms with E-state index >= 15 is 0 Å². The SMILES string of the molecule is CC1=C[C@@H]([C@H]2O[C@@H]3Cc4c(ccc5c4C=C[C@H]4C(C)(C)O[C@@H]6CC(=O)O[C@@]64C5)[C@@H]3[C@@H]2C)OC1=O. The highest BCUT2D eigenvalue weighted by Crippen LogP contribution is 2.56. The van der Waals surface area contributed by atoms with Crippen molar-refractivity contribution in [3.63, 3.8) is 0 Å². The van der Waals surface area contributed by atoms with Crippen LogP contribution in [0.1, 0.15) is 62.3 Å². The van der Waals surface area contributed by atoms with Crippen molar-refractivity contribution in [2.75, 3.05) is 0 Å². The fraction of sp³-hybridized carbons (Fsp3) is 0.571. The molecule has 0 amide bonds. The molecule has 4 heterocycles. The molecule has 0 N–H and O–H groups in total. The summed E-state index contributed by atoms with van der Waals surface area (Å²) in [4.78, 5) is 24.2. The van der Waals surface area contributed by atoms with Crippen LogP contribution in [0.3, 0.4) is 0 Å². The predicted molar refractivity (Wildman–Crippen MR) is 123 cm³/mol. The van der Waals surface area contributed by atoms with Crippen molar-refractivity contribution in [1.29, 1.82) is 0 Å². The van der Waals surface area contributed by atoms with Crippen LogP contribution in [0.25, 0.3) is 6.08 Å². The Kier molecular flexibility index (Phi) is 4.06. The van der Waals surface area contributed by atoms with Gasteiger partial charge in [0.15, 0.2) is 5.60 Å². The van der Waals surface area contributed by atoms with Gasteiger partial charge in [-0.3, -0.25) is 4.79 Å². The van der Waals surface area contributed by atoms with Crippen LogP contribution >= 0.6 is 0 Å². The number of esters is 2. The topological polar surface area (TPSA) is 71.1 Å². The Labute approximate surface area is 199 Å². The molecule has 6 heteroatoms. The highest BCUT2D eigenvalue weighted by atomic mass is 16.6. The minimum atomic E-state index is -0.628. The molecule has 4 aliphatic heterocycles. The summed E-state index contributed by atoms with van der Waals surface area (Å²) in [6, 6.07) is 4.46. The summed E-state index contributed by atoms with van der Waals surface area (Å²) < 4.78 is 24.5. The molecule has 6 nitrogen and oxygen atoms in total. The Balaban J connectivity index is 1.25. The Morgan fingerprint density at radius 3 is 2.71 bits per heavy atom. The molecular weight excluding hydrogens is 432 g/mol. The zero-order chi connectivity index (χ0) is 23.6. The van der Waals surface area contributed by atoms with Crippen molar-refractivity contribution >= 4 is 18.0 Å². The number of hydrogen-bond acceptors (Lipinski definition) is 6. The van der Waals surface area contributed by atoms with Gasteiger partial charge < -0.3 is 18.9 Å². The quantitative estimate of drug-likeness (QED) is 0.594. The van der Waals surface area contributed by atoms with Crippen molar-refractivity contribution < 1.29 is 28.5 Å². The molecule has 8 atom stereocenters. The molecule has 0 aromatic heterocycles. The van der Waals surface area contributed by atoms with Crippen LogP contribution in [0.15, 0.2) is 29.9 Å². The third-order valence-corrected chi connectivity index (χ3v) is 9.21. The van der Waals surface area contributed by atoms with Gasteiger partial charge in [0.2, 0.25) is 0 Å². The summed E-state index contributed by atoms with van der Waals surface area (Å²) in [6.45, 7) is 8.21. The van der Waals surface area contributed by atoms with Gasteiger partial charge in [0, 0.05) is 30.3 Å². The molecule has 178 valence electrons. The summed E-state index contributed by atoms with van der Waals surface area (Å²) in [5.41, 5.74) is 4.80. The Bertz CT molecular complexity index is 1190. The molecule has 7 rings (SSSR count). The standard InChI is InChI=1S/C28H30O6/c1-13-9-20(32-26(13)30)25-14(2)24-17-6-5-15-12-28-21(8-7-16(15)18(17)10-19(24)31-25)27(3,4)33-22(28)11-23(29)34-28/h5-9,14,19-22,24-25H,10-12H2,1-4H3/t14-,19+,20-,21-,22+,24-,25-,28+/m0/s1. The molecule has 6 aliphatic rings. The number of carbonyl (C=O) groups is 2. The van der Waals surface area contributed by atoms with E-state index in [0.29, 0.717) is 18.4 Å². The molecule has 2 aliphatic carbocycles. The Morgan fingerprint density at radius 1 is 1.12 bits per heavy atom. The van der Waals surface area contributed by atoms with Gasteiger partial charge in [0.1, 0.15) is 18.3 Å². The first-order chi connectivity index (χ1) is 16.2. The van der Waals surface area contributed by atoms with Crippen molar-refractivity contribution in [3.05, 3.63) is 52.1 Å². The van der Waals surface area contributed by atoms with E-state index in [1.807, 2.05) is 6.08 Å². The normalized spacial score (nSPS) is 42.8. The van der Waals surface area contributed by atoms with Crippen LogP contribution in [0, 0.1) is 11.8 Å². The van der Waals surface area contributed by atoms with Crippen molar-refractivity contribution in [1.82, 2.24) is 0 Å². The number of fused-ring (bicyclic) bond motifs is 5. The van der Waals surface area contributed by atoms with Gasteiger partial charge in [0.25, 0.3) is 0 Å². The smallest absolute Gasteiger partial charge is 0.334 e. The molecular formula is C28H30O6. The molecule has 0 radical (unpaired) electrons. The van der Waals surface area contributed by atoms with Crippen LogP contribution in [-0.4, -0.2) is 47.6 Å². The highest BCUT2D eigenvalue weighted by Gasteiger charge is 2.65.